The zero-order valence-electron chi connectivity index (χ0n) is 4.41. The van der Waals surface area contributed by atoms with Gasteiger partial charge in [0.1, 0.15) is 0 Å². The van der Waals surface area contributed by atoms with Crippen LogP contribution in [0.4, 0.5) is 4.79 Å². The molecule has 0 heterocycles. The second-order valence-corrected chi connectivity index (χ2v) is 4.71. The van der Waals surface area contributed by atoms with Crippen LogP contribution < -0.4 is 0 Å². The van der Waals surface area contributed by atoms with Gasteiger partial charge < -0.3 is 19.6 Å². The standard InChI is InChI=1S/CH4O7P2.Na.H/c2-1(9(3,4)5)10(6,7)8;;/h(H2,3,4,5)(H2,6,7,8);;. The third-order valence-electron chi connectivity index (χ3n) is 0.498. The second kappa shape index (κ2) is 4.28. The Labute approximate surface area is 83.4 Å². The summed E-state index contributed by atoms with van der Waals surface area (Å²) in [5.74, 6) is 0. The molecule has 0 amide bonds. The minimum atomic E-state index is -5.28. The molecular weight excluding hydrogens is 209 g/mol. The van der Waals surface area contributed by atoms with Gasteiger partial charge in [0.25, 0.3) is 0 Å². The van der Waals surface area contributed by atoms with Crippen molar-refractivity contribution in [1.29, 1.82) is 0 Å². The number of hydrogen-bond acceptors (Lipinski definition) is 3. The number of rotatable bonds is 2. The number of carbonyl (C=O) groups excluding carboxylic acids is 1. The Morgan fingerprint density at radius 3 is 1.09 bits per heavy atom. The predicted octanol–water partition coefficient (Wildman–Crippen LogP) is -1.19. The molecule has 0 atom stereocenters. The fraction of sp³-hybridized carbons (Fsp3) is 0. The Kier molecular flexibility index (Phi) is 5.63. The summed E-state index contributed by atoms with van der Waals surface area (Å²) in [6.45, 7) is 0. The van der Waals surface area contributed by atoms with E-state index in [2.05, 4.69) is 0 Å². The molecule has 0 saturated heterocycles. The van der Waals surface area contributed by atoms with Gasteiger partial charge in [-0.15, -0.1) is 0 Å². The molecule has 0 bridgehead atoms. The van der Waals surface area contributed by atoms with Crippen LogP contribution in [0.25, 0.3) is 0 Å². The summed E-state index contributed by atoms with van der Waals surface area (Å²) >= 11 is 0. The molecule has 0 radical (unpaired) electrons. The summed E-state index contributed by atoms with van der Waals surface area (Å²) in [6.07, 6.45) is 0. The Hall–Kier alpha value is 0.970. The molecule has 0 aliphatic carbocycles. The van der Waals surface area contributed by atoms with Gasteiger partial charge in [0.2, 0.25) is 0 Å². The van der Waals surface area contributed by atoms with Crippen LogP contribution >= 0.6 is 15.2 Å². The van der Waals surface area contributed by atoms with Crippen molar-refractivity contribution in [2.24, 2.45) is 0 Å². The molecule has 0 aromatic carbocycles. The first-order valence-corrected chi connectivity index (χ1v) is 5.04. The summed E-state index contributed by atoms with van der Waals surface area (Å²) in [5.41, 5.74) is 0. The normalized spacial score (nSPS) is 12.0. The van der Waals surface area contributed by atoms with Crippen LogP contribution in [0.1, 0.15) is 0 Å². The van der Waals surface area contributed by atoms with Crippen LogP contribution in [0.3, 0.4) is 0 Å². The van der Waals surface area contributed by atoms with E-state index in [1.807, 2.05) is 0 Å². The van der Waals surface area contributed by atoms with E-state index in [1.165, 1.54) is 0 Å². The van der Waals surface area contributed by atoms with E-state index in [0.717, 1.165) is 0 Å². The van der Waals surface area contributed by atoms with Gasteiger partial charge >= 0.3 is 50.0 Å². The second-order valence-electron chi connectivity index (χ2n) is 1.37. The molecule has 7 nitrogen and oxygen atoms in total. The first-order valence-electron chi connectivity index (χ1n) is 1.82. The van der Waals surface area contributed by atoms with Gasteiger partial charge in [-0.1, -0.05) is 0 Å². The molecule has 11 heavy (non-hydrogen) atoms. The van der Waals surface area contributed by atoms with Crippen LogP contribution in [0, 0.1) is 0 Å². The van der Waals surface area contributed by atoms with Gasteiger partial charge in [-0.3, -0.25) is 13.9 Å². The summed E-state index contributed by atoms with van der Waals surface area (Å²) < 4.78 is 19.7. The Balaban J connectivity index is 0. The van der Waals surface area contributed by atoms with Gasteiger partial charge in [-0.2, -0.15) is 0 Å². The van der Waals surface area contributed by atoms with Crippen molar-refractivity contribution in [3.8, 4) is 0 Å². The molecule has 0 aromatic heterocycles. The molecular formula is CH5NaO7P2. The van der Waals surface area contributed by atoms with E-state index < -0.39 is 20.5 Å². The van der Waals surface area contributed by atoms with Crippen molar-refractivity contribution >= 4 is 50.0 Å². The number of carbonyl (C=O) groups is 1. The molecule has 62 valence electrons. The van der Waals surface area contributed by atoms with Gasteiger partial charge in [0.15, 0.2) is 0 Å². The number of hydrogen-bond donors (Lipinski definition) is 4. The average Bonchev–Trinajstić information content (AvgIpc) is 1.59. The summed E-state index contributed by atoms with van der Waals surface area (Å²) in [4.78, 5) is 41.5. The van der Waals surface area contributed by atoms with Gasteiger partial charge in [0.05, 0.1) is 0 Å². The van der Waals surface area contributed by atoms with Gasteiger partial charge in [-0.05, 0) is 0 Å². The van der Waals surface area contributed by atoms with E-state index in [0.29, 0.717) is 0 Å². The van der Waals surface area contributed by atoms with Gasteiger partial charge in [-0.25, -0.2) is 0 Å². The quantitative estimate of drug-likeness (QED) is 0.335. The Morgan fingerprint density at radius 2 is 1.09 bits per heavy atom. The summed E-state index contributed by atoms with van der Waals surface area (Å²) in [5, 5.41) is -2.35. The third kappa shape index (κ3) is 5.25. The molecule has 0 unspecified atom stereocenters. The first-order chi connectivity index (χ1) is 4.15. The van der Waals surface area contributed by atoms with Crippen molar-refractivity contribution in [3.05, 3.63) is 0 Å². The van der Waals surface area contributed by atoms with E-state index >= 15 is 0 Å². The average molecular weight is 214 g/mol. The van der Waals surface area contributed by atoms with Crippen molar-refractivity contribution in [3.63, 3.8) is 0 Å². The van der Waals surface area contributed by atoms with E-state index in [-0.39, 0.29) is 29.6 Å². The fourth-order valence-corrected chi connectivity index (χ4v) is 1.53. The van der Waals surface area contributed by atoms with E-state index in [4.69, 9.17) is 19.6 Å². The molecule has 0 fully saturated rings. The minimum absolute atomic E-state index is 0. The molecule has 0 aliphatic heterocycles. The molecule has 10 heteroatoms. The molecule has 0 aliphatic rings. The summed E-state index contributed by atoms with van der Waals surface area (Å²) in [7, 11) is -10.6. The monoisotopic (exact) mass is 214 g/mol. The molecule has 4 N–H and O–H groups in total. The third-order valence-corrected chi connectivity index (χ3v) is 3.06. The van der Waals surface area contributed by atoms with Crippen LogP contribution in [0.2, 0.25) is 0 Å². The topological polar surface area (TPSA) is 132 Å². The van der Waals surface area contributed by atoms with Crippen molar-refractivity contribution in [2.75, 3.05) is 0 Å². The van der Waals surface area contributed by atoms with Crippen molar-refractivity contribution in [1.82, 2.24) is 0 Å². The molecule has 0 aromatic rings. The predicted molar refractivity (Wildman–Crippen MR) is 36.6 cm³/mol. The zero-order chi connectivity index (χ0) is 8.58. The molecule has 0 rings (SSSR count). The van der Waals surface area contributed by atoms with Crippen LogP contribution in [-0.4, -0.2) is 54.4 Å². The SMILES string of the molecule is O=C(P(=O)(O)O)P(=O)(O)O.[NaH]. The molecule has 0 spiro atoms. The molecule has 0 saturated carbocycles. The Morgan fingerprint density at radius 1 is 0.909 bits per heavy atom. The Bertz CT molecular complexity index is 209. The zero-order valence-corrected chi connectivity index (χ0v) is 6.20. The fourth-order valence-electron chi connectivity index (χ4n) is 0.170. The van der Waals surface area contributed by atoms with Gasteiger partial charge in [0, 0.05) is 0 Å². The van der Waals surface area contributed by atoms with Crippen molar-refractivity contribution < 1.29 is 33.5 Å². The van der Waals surface area contributed by atoms with E-state index in [9.17, 15) is 13.9 Å². The summed E-state index contributed by atoms with van der Waals surface area (Å²) in [6, 6.07) is 0. The maximum absolute atomic E-state index is 9.96. The van der Waals surface area contributed by atoms with Crippen LogP contribution in [0.5, 0.6) is 0 Å². The van der Waals surface area contributed by atoms with Crippen LogP contribution in [0.15, 0.2) is 0 Å². The van der Waals surface area contributed by atoms with Crippen molar-refractivity contribution in [2.45, 2.75) is 0 Å². The van der Waals surface area contributed by atoms with E-state index in [1.54, 1.807) is 0 Å². The first kappa shape index (κ1) is 14.5. The van der Waals surface area contributed by atoms with Crippen LogP contribution in [-0.2, 0) is 9.13 Å². The maximum atomic E-state index is 9.96.